The van der Waals surface area contributed by atoms with E-state index in [-0.39, 0.29) is 17.0 Å². The summed E-state index contributed by atoms with van der Waals surface area (Å²) < 4.78 is 33.4. The molecular formula is C15H19N3O5S. The number of sulfonamides is 1. The highest BCUT2D eigenvalue weighted by atomic mass is 32.2. The number of aromatic nitrogens is 1. The van der Waals surface area contributed by atoms with Gasteiger partial charge in [-0.25, -0.2) is 13.2 Å². The molecule has 9 heteroatoms. The minimum Gasteiger partial charge on any atom is -0.408 e. The van der Waals surface area contributed by atoms with Crippen LogP contribution in [-0.4, -0.2) is 36.3 Å². The van der Waals surface area contributed by atoms with Crippen LogP contribution in [-0.2, 0) is 21.4 Å². The molecule has 1 aromatic heterocycles. The largest absolute Gasteiger partial charge is 0.419 e. The average molecular weight is 353 g/mol. The number of carbonyl (C=O) groups is 1. The number of aryl methyl sites for hydroxylation is 1. The van der Waals surface area contributed by atoms with Gasteiger partial charge in [0.1, 0.15) is 0 Å². The highest BCUT2D eigenvalue weighted by Crippen LogP contribution is 2.26. The Bertz CT molecular complexity index is 944. The van der Waals surface area contributed by atoms with Gasteiger partial charge in [0.2, 0.25) is 15.9 Å². The summed E-state index contributed by atoms with van der Waals surface area (Å²) in [5, 5.41) is 0. The Morgan fingerprint density at radius 1 is 1.42 bits per heavy atom. The molecule has 1 aliphatic heterocycles. The maximum Gasteiger partial charge on any atom is 0.419 e. The topological polar surface area (TPSA) is 116 Å². The third-order valence-corrected chi connectivity index (χ3v) is 6.24. The van der Waals surface area contributed by atoms with Crippen LogP contribution in [0.3, 0.4) is 0 Å². The van der Waals surface area contributed by atoms with E-state index in [0.29, 0.717) is 31.4 Å². The van der Waals surface area contributed by atoms with Crippen LogP contribution >= 0.6 is 0 Å². The minimum atomic E-state index is -3.78. The lowest BCUT2D eigenvalue weighted by Gasteiger charge is -2.30. The zero-order chi connectivity index (χ0) is 17.5. The lowest BCUT2D eigenvalue weighted by molar-refractivity contribution is -0.122. The van der Waals surface area contributed by atoms with Gasteiger partial charge in [0.05, 0.1) is 16.3 Å². The fraction of sp³-hybridized carbons (Fsp3) is 0.467. The second-order valence-corrected chi connectivity index (χ2v) is 7.78. The van der Waals surface area contributed by atoms with Crippen molar-refractivity contribution in [1.29, 1.82) is 0 Å². The van der Waals surface area contributed by atoms with E-state index >= 15 is 0 Å². The molecule has 1 fully saturated rings. The number of hydrogen-bond donors (Lipinski definition) is 1. The number of oxazole rings is 1. The van der Waals surface area contributed by atoms with E-state index in [1.807, 2.05) is 0 Å². The van der Waals surface area contributed by atoms with E-state index in [2.05, 4.69) is 0 Å². The van der Waals surface area contributed by atoms with Crippen LogP contribution < -0.4 is 11.5 Å². The third kappa shape index (κ3) is 2.73. The summed E-state index contributed by atoms with van der Waals surface area (Å²) in [5.74, 6) is -1.48. The van der Waals surface area contributed by atoms with Crippen LogP contribution in [0.2, 0.25) is 0 Å². The van der Waals surface area contributed by atoms with Gasteiger partial charge < -0.3 is 10.2 Å². The lowest BCUT2D eigenvalue weighted by atomic mass is 9.99. The zero-order valence-corrected chi connectivity index (χ0v) is 14.1. The van der Waals surface area contributed by atoms with Gasteiger partial charge in [0.15, 0.2) is 5.58 Å². The van der Waals surface area contributed by atoms with Crippen LogP contribution in [0.1, 0.15) is 19.8 Å². The molecule has 1 atom stereocenters. The molecule has 24 heavy (non-hydrogen) atoms. The predicted octanol–water partition coefficient (Wildman–Crippen LogP) is 0.500. The average Bonchev–Trinajstić information content (AvgIpc) is 2.88. The molecule has 2 N–H and O–H groups in total. The van der Waals surface area contributed by atoms with Gasteiger partial charge in [-0.1, -0.05) is 0 Å². The summed E-state index contributed by atoms with van der Waals surface area (Å²) in [7, 11) is -3.78. The van der Waals surface area contributed by atoms with Crippen molar-refractivity contribution in [1.82, 2.24) is 8.87 Å². The maximum atomic E-state index is 12.8. The number of fused-ring (bicyclic) bond motifs is 1. The predicted molar refractivity (Wildman–Crippen MR) is 86.8 cm³/mol. The number of piperidine rings is 1. The Hall–Kier alpha value is -2.13. The molecule has 3 rings (SSSR count). The van der Waals surface area contributed by atoms with E-state index in [1.54, 1.807) is 13.0 Å². The summed E-state index contributed by atoms with van der Waals surface area (Å²) in [5.41, 5.74) is 6.09. The Balaban J connectivity index is 1.99. The summed E-state index contributed by atoms with van der Waals surface area (Å²) in [6.45, 7) is 2.66. The first-order valence-electron chi connectivity index (χ1n) is 7.77. The van der Waals surface area contributed by atoms with Gasteiger partial charge in [0.25, 0.3) is 0 Å². The number of hydrogen-bond acceptors (Lipinski definition) is 5. The van der Waals surface area contributed by atoms with Crippen molar-refractivity contribution in [2.24, 2.45) is 11.7 Å². The molecule has 1 saturated heterocycles. The second kappa shape index (κ2) is 6.06. The van der Waals surface area contributed by atoms with Gasteiger partial charge >= 0.3 is 5.76 Å². The molecule has 0 spiro atoms. The normalized spacial score (nSPS) is 19.6. The SMILES string of the molecule is CCn1c(=O)oc2cc(S(=O)(=O)N3CCCC(C(N)=O)C3)ccc21. The van der Waals surface area contributed by atoms with E-state index in [9.17, 15) is 18.0 Å². The van der Waals surface area contributed by atoms with Crippen LogP contribution in [0, 0.1) is 5.92 Å². The molecule has 0 aliphatic carbocycles. The van der Waals surface area contributed by atoms with Gasteiger partial charge in [-0.05, 0) is 31.9 Å². The van der Waals surface area contributed by atoms with Gasteiger partial charge in [-0.2, -0.15) is 4.31 Å². The highest BCUT2D eigenvalue weighted by Gasteiger charge is 2.32. The van der Waals surface area contributed by atoms with Crippen molar-refractivity contribution in [3.63, 3.8) is 0 Å². The van der Waals surface area contributed by atoms with Gasteiger partial charge in [-0.15, -0.1) is 0 Å². The van der Waals surface area contributed by atoms with Crippen molar-refractivity contribution in [3.05, 3.63) is 28.7 Å². The monoisotopic (exact) mass is 353 g/mol. The second-order valence-electron chi connectivity index (χ2n) is 5.85. The first-order valence-corrected chi connectivity index (χ1v) is 9.21. The zero-order valence-electron chi connectivity index (χ0n) is 13.3. The molecule has 2 heterocycles. The summed E-state index contributed by atoms with van der Waals surface area (Å²) in [6.07, 6.45) is 1.17. The summed E-state index contributed by atoms with van der Waals surface area (Å²) in [6, 6.07) is 4.37. The molecule has 130 valence electrons. The number of rotatable bonds is 4. The maximum absolute atomic E-state index is 12.8. The Kier molecular flexibility index (Phi) is 4.22. The van der Waals surface area contributed by atoms with Gasteiger partial charge in [-0.3, -0.25) is 9.36 Å². The first-order chi connectivity index (χ1) is 11.3. The van der Waals surface area contributed by atoms with Crippen LogP contribution in [0.5, 0.6) is 0 Å². The molecule has 0 bridgehead atoms. The van der Waals surface area contributed by atoms with E-state index < -0.39 is 27.6 Å². The van der Waals surface area contributed by atoms with E-state index in [0.717, 1.165) is 0 Å². The number of nitrogens with zero attached hydrogens (tertiary/aromatic N) is 2. The standard InChI is InChI=1S/C15H19N3O5S/c1-2-18-12-6-5-11(8-13(12)23-15(18)20)24(21,22)17-7-3-4-10(9-17)14(16)19/h5-6,8,10H,2-4,7,9H2,1H3,(H2,16,19). The summed E-state index contributed by atoms with van der Waals surface area (Å²) >= 11 is 0. The molecule has 0 saturated carbocycles. The number of nitrogens with two attached hydrogens (primary N) is 1. The van der Waals surface area contributed by atoms with Crippen molar-refractivity contribution in [2.75, 3.05) is 13.1 Å². The minimum absolute atomic E-state index is 0.0390. The van der Waals surface area contributed by atoms with Crippen molar-refractivity contribution >= 4 is 27.0 Å². The fourth-order valence-electron chi connectivity index (χ4n) is 3.05. The molecule has 2 aromatic rings. The van der Waals surface area contributed by atoms with Crippen molar-refractivity contribution in [2.45, 2.75) is 31.2 Å². The number of primary amides is 1. The molecule has 1 aromatic carbocycles. The lowest BCUT2D eigenvalue weighted by Crippen LogP contribution is -2.44. The van der Waals surface area contributed by atoms with E-state index in [1.165, 1.54) is 21.0 Å². The number of benzene rings is 1. The molecule has 1 aliphatic rings. The molecule has 0 radical (unpaired) electrons. The smallest absolute Gasteiger partial charge is 0.408 e. The first kappa shape index (κ1) is 16.7. The Morgan fingerprint density at radius 3 is 2.83 bits per heavy atom. The number of carbonyl (C=O) groups excluding carboxylic acids is 1. The fourth-order valence-corrected chi connectivity index (χ4v) is 4.59. The van der Waals surface area contributed by atoms with Crippen LogP contribution in [0.15, 0.2) is 32.3 Å². The molecule has 8 nitrogen and oxygen atoms in total. The Morgan fingerprint density at radius 2 is 2.17 bits per heavy atom. The van der Waals surface area contributed by atoms with Crippen LogP contribution in [0.4, 0.5) is 0 Å². The molecular weight excluding hydrogens is 334 g/mol. The van der Waals surface area contributed by atoms with E-state index in [4.69, 9.17) is 10.2 Å². The summed E-state index contributed by atoms with van der Waals surface area (Å²) in [4.78, 5) is 23.1. The van der Waals surface area contributed by atoms with Crippen molar-refractivity contribution < 1.29 is 17.6 Å². The Labute approximate surface area is 138 Å². The molecule has 1 unspecified atom stereocenters. The highest BCUT2D eigenvalue weighted by molar-refractivity contribution is 7.89. The third-order valence-electron chi connectivity index (χ3n) is 4.38. The quantitative estimate of drug-likeness (QED) is 0.859. The molecule has 1 amide bonds. The van der Waals surface area contributed by atoms with Gasteiger partial charge in [0, 0.05) is 25.7 Å². The van der Waals surface area contributed by atoms with Crippen molar-refractivity contribution in [3.8, 4) is 0 Å². The number of amides is 1. The van der Waals surface area contributed by atoms with Crippen LogP contribution in [0.25, 0.3) is 11.1 Å².